The van der Waals surface area contributed by atoms with Gasteiger partial charge in [0, 0.05) is 51.7 Å². The van der Waals surface area contributed by atoms with Crippen molar-refractivity contribution in [2.45, 2.75) is 71.1 Å². The fourth-order valence-electron chi connectivity index (χ4n) is 5.37. The monoisotopic (exact) mass is 526 g/mol. The Balaban J connectivity index is 1.40. The second-order valence-electron chi connectivity index (χ2n) is 10.6. The second kappa shape index (κ2) is 14.1. The number of hydrogen-bond acceptors (Lipinski definition) is 9. The predicted molar refractivity (Wildman–Crippen MR) is 154 cm³/mol. The van der Waals surface area contributed by atoms with E-state index in [9.17, 15) is 0 Å². The topological polar surface area (TPSA) is 83.3 Å². The molecule has 2 fully saturated rings. The number of hydrogen-bond donors (Lipinski definition) is 1. The Morgan fingerprint density at radius 2 is 1.97 bits per heavy atom. The van der Waals surface area contributed by atoms with E-state index in [0.29, 0.717) is 5.88 Å². The van der Waals surface area contributed by atoms with Crippen LogP contribution in [0.4, 0.5) is 0 Å². The number of likely N-dealkylation sites (N-methyl/N-ethyl adjacent to an activating group) is 1. The van der Waals surface area contributed by atoms with E-state index in [1.165, 1.54) is 11.3 Å². The van der Waals surface area contributed by atoms with Crippen LogP contribution in [0, 0.1) is 5.92 Å². The maximum atomic E-state index is 6.23. The summed E-state index contributed by atoms with van der Waals surface area (Å²) in [5.41, 5.74) is 2.40. The predicted octanol–water partition coefficient (Wildman–Crippen LogP) is 3.75. The molecule has 0 aromatic rings. The molecule has 4 aliphatic heterocycles. The molecule has 4 rings (SSSR count). The highest BCUT2D eigenvalue weighted by atomic mass is 16.5. The minimum Gasteiger partial charge on any atom is -0.480 e. The lowest BCUT2D eigenvalue weighted by Crippen LogP contribution is -2.45. The van der Waals surface area contributed by atoms with Crippen molar-refractivity contribution < 1.29 is 14.2 Å². The van der Waals surface area contributed by atoms with Crippen molar-refractivity contribution in [3.8, 4) is 0 Å². The molecule has 9 nitrogen and oxygen atoms in total. The zero-order chi connectivity index (χ0) is 26.9. The number of piperazine rings is 1. The van der Waals surface area contributed by atoms with Crippen LogP contribution < -0.4 is 5.32 Å². The van der Waals surface area contributed by atoms with E-state index < -0.39 is 0 Å². The minimum atomic E-state index is -0.0102. The smallest absolute Gasteiger partial charge is 0.234 e. The summed E-state index contributed by atoms with van der Waals surface area (Å²) in [6.45, 7) is 12.2. The number of methoxy groups -OCH3 is 1. The molecule has 210 valence electrons. The maximum Gasteiger partial charge on any atom is 0.234 e. The van der Waals surface area contributed by atoms with Crippen molar-refractivity contribution in [1.82, 2.24) is 15.1 Å². The van der Waals surface area contributed by atoms with Gasteiger partial charge in [0.1, 0.15) is 18.0 Å². The Labute approximate surface area is 228 Å². The van der Waals surface area contributed by atoms with Crippen molar-refractivity contribution in [2.75, 3.05) is 53.6 Å². The third kappa shape index (κ3) is 7.55. The Hall–Kier alpha value is -2.49. The normalized spacial score (nSPS) is 27.0. The Kier molecular flexibility index (Phi) is 10.5. The average molecular weight is 527 g/mol. The van der Waals surface area contributed by atoms with Crippen molar-refractivity contribution in [3.63, 3.8) is 0 Å². The lowest BCUT2D eigenvalue weighted by molar-refractivity contribution is -0.0481. The van der Waals surface area contributed by atoms with Gasteiger partial charge in [-0.3, -0.25) is 4.99 Å². The minimum absolute atomic E-state index is 0.0102. The lowest BCUT2D eigenvalue weighted by Gasteiger charge is -2.37. The van der Waals surface area contributed by atoms with Gasteiger partial charge in [-0.05, 0) is 45.2 Å². The molecule has 0 aromatic heterocycles. The molecule has 4 aliphatic rings. The molecule has 2 saturated heterocycles. The third-order valence-corrected chi connectivity index (χ3v) is 7.68. The Morgan fingerprint density at radius 1 is 1.21 bits per heavy atom. The fourth-order valence-corrected chi connectivity index (χ4v) is 5.37. The summed E-state index contributed by atoms with van der Waals surface area (Å²) >= 11 is 0. The number of allylic oxidation sites excluding steroid dienone is 2. The summed E-state index contributed by atoms with van der Waals surface area (Å²) in [4.78, 5) is 19.0. The number of nitrogens with one attached hydrogen (secondary N) is 1. The van der Waals surface area contributed by atoms with Crippen molar-refractivity contribution in [1.29, 1.82) is 0 Å². The highest BCUT2D eigenvalue weighted by Gasteiger charge is 2.29. The first kappa shape index (κ1) is 28.5. The molecule has 3 atom stereocenters. The van der Waals surface area contributed by atoms with Crippen LogP contribution in [0.25, 0.3) is 0 Å². The molecule has 3 unspecified atom stereocenters. The number of amidine groups is 2. The largest absolute Gasteiger partial charge is 0.480 e. The number of nitrogens with zero attached hydrogens (tertiary/aromatic N) is 5. The fraction of sp³-hybridized carbons (Fsp3) is 0.690. The summed E-state index contributed by atoms with van der Waals surface area (Å²) in [5.74, 6) is 2.59. The van der Waals surface area contributed by atoms with Gasteiger partial charge >= 0.3 is 0 Å². The van der Waals surface area contributed by atoms with Crippen molar-refractivity contribution in [3.05, 3.63) is 35.4 Å². The molecule has 0 spiro atoms. The van der Waals surface area contributed by atoms with Gasteiger partial charge in [0.05, 0.1) is 31.1 Å². The number of aliphatic imine (C=N–C) groups is 3. The summed E-state index contributed by atoms with van der Waals surface area (Å²) in [6.07, 6.45) is 13.2. The van der Waals surface area contributed by atoms with Crippen LogP contribution in [0.1, 0.15) is 52.9 Å². The summed E-state index contributed by atoms with van der Waals surface area (Å²) in [6, 6.07) is -0.0102. The van der Waals surface area contributed by atoms with Gasteiger partial charge in [0.2, 0.25) is 5.88 Å². The standard InChI is InChI=1S/C29H46N6O3/c1-6-7-23(9-8-21(2)38-24-12-18-37-19-13-24)27-22(3)28(31-20-30-27)32-26-11-10-25(29(33-26)36-5)35-16-14-34(4)15-17-35/h7-9,20-22,24,27H,6,10-19H2,1-5H3,(H,30,31,32,33)/b9-8-,23-7+. The first-order valence-electron chi connectivity index (χ1n) is 14.2. The lowest BCUT2D eigenvalue weighted by atomic mass is 9.91. The first-order valence-corrected chi connectivity index (χ1v) is 14.2. The average Bonchev–Trinajstić information content (AvgIpc) is 2.93. The first-order chi connectivity index (χ1) is 18.5. The Bertz CT molecular complexity index is 971. The molecule has 4 heterocycles. The van der Waals surface area contributed by atoms with Gasteiger partial charge in [0.25, 0.3) is 0 Å². The molecular weight excluding hydrogens is 480 g/mol. The van der Waals surface area contributed by atoms with Crippen LogP contribution in [-0.4, -0.2) is 99.6 Å². The quantitative estimate of drug-likeness (QED) is 0.485. The van der Waals surface area contributed by atoms with E-state index in [1.807, 2.05) is 0 Å². The van der Waals surface area contributed by atoms with Gasteiger partial charge in [-0.25, -0.2) is 4.99 Å². The van der Waals surface area contributed by atoms with E-state index in [4.69, 9.17) is 24.2 Å². The van der Waals surface area contributed by atoms with E-state index >= 15 is 0 Å². The molecule has 0 amide bonds. The summed E-state index contributed by atoms with van der Waals surface area (Å²) in [7, 11) is 3.88. The van der Waals surface area contributed by atoms with Crippen LogP contribution in [0.3, 0.4) is 0 Å². The second-order valence-corrected chi connectivity index (χ2v) is 10.6. The van der Waals surface area contributed by atoms with Gasteiger partial charge in [0.15, 0.2) is 0 Å². The number of ether oxygens (including phenoxy) is 3. The summed E-state index contributed by atoms with van der Waals surface area (Å²) in [5, 5.41) is 3.53. The van der Waals surface area contributed by atoms with E-state index in [2.05, 4.69) is 66.2 Å². The molecule has 0 aliphatic carbocycles. The van der Waals surface area contributed by atoms with E-state index in [-0.39, 0.29) is 24.2 Å². The molecule has 0 saturated carbocycles. The molecule has 0 aromatic carbocycles. The molecule has 0 radical (unpaired) electrons. The van der Waals surface area contributed by atoms with Crippen LogP contribution in [0.15, 0.2) is 50.4 Å². The molecule has 0 bridgehead atoms. The zero-order valence-electron chi connectivity index (χ0n) is 23.9. The SMILES string of the molecule is CC/C=C(\C=C/C(C)OC1CCOCC1)C1N=CN=C(NC2=NC(OC)=C(N3CCN(C)CC3)CC2)C1C. The van der Waals surface area contributed by atoms with Crippen molar-refractivity contribution in [2.24, 2.45) is 20.9 Å². The van der Waals surface area contributed by atoms with Crippen molar-refractivity contribution >= 4 is 18.0 Å². The van der Waals surface area contributed by atoms with Crippen LogP contribution in [-0.2, 0) is 14.2 Å². The maximum absolute atomic E-state index is 6.23. The molecule has 9 heteroatoms. The molecule has 38 heavy (non-hydrogen) atoms. The van der Waals surface area contributed by atoms with Gasteiger partial charge < -0.3 is 29.3 Å². The highest BCUT2D eigenvalue weighted by molar-refractivity contribution is 6.05. The summed E-state index contributed by atoms with van der Waals surface area (Å²) < 4.78 is 17.4. The third-order valence-electron chi connectivity index (χ3n) is 7.68. The van der Waals surface area contributed by atoms with E-state index in [0.717, 1.165) is 83.2 Å². The molecule has 1 N–H and O–H groups in total. The van der Waals surface area contributed by atoms with Crippen LogP contribution in [0.5, 0.6) is 0 Å². The molecular formula is C29H46N6O3. The number of rotatable bonds is 8. The van der Waals surface area contributed by atoms with E-state index in [1.54, 1.807) is 13.4 Å². The van der Waals surface area contributed by atoms with Crippen LogP contribution >= 0.6 is 0 Å². The van der Waals surface area contributed by atoms with Gasteiger partial charge in [-0.15, -0.1) is 0 Å². The zero-order valence-corrected chi connectivity index (χ0v) is 23.9. The Morgan fingerprint density at radius 3 is 2.68 bits per heavy atom. The van der Waals surface area contributed by atoms with Gasteiger partial charge in [-0.2, -0.15) is 4.99 Å². The van der Waals surface area contributed by atoms with Gasteiger partial charge in [-0.1, -0.05) is 32.1 Å². The van der Waals surface area contributed by atoms with Crippen LogP contribution in [0.2, 0.25) is 0 Å². The highest BCUT2D eigenvalue weighted by Crippen LogP contribution is 2.26.